The van der Waals surface area contributed by atoms with E-state index in [2.05, 4.69) is 15.6 Å². The summed E-state index contributed by atoms with van der Waals surface area (Å²) >= 11 is 18.2. The van der Waals surface area contributed by atoms with Crippen LogP contribution >= 0.6 is 34.8 Å². The first kappa shape index (κ1) is 29.8. The van der Waals surface area contributed by atoms with Gasteiger partial charge in [-0.3, -0.25) is 0 Å². The summed E-state index contributed by atoms with van der Waals surface area (Å²) in [7, 11) is 0. The summed E-state index contributed by atoms with van der Waals surface area (Å²) in [6.45, 7) is 1.47. The van der Waals surface area contributed by atoms with Gasteiger partial charge in [0.1, 0.15) is 29.7 Å². The number of urea groups is 1. The molecule has 1 unspecified atom stereocenters. The van der Waals surface area contributed by atoms with E-state index >= 15 is 0 Å². The predicted molar refractivity (Wildman–Crippen MR) is 154 cm³/mol. The largest absolute Gasteiger partial charge is 0.422 e. The lowest BCUT2D eigenvalue weighted by molar-refractivity contribution is -0.140. The highest BCUT2D eigenvalue weighted by Gasteiger charge is 2.58. The fraction of sp³-hybridized carbons (Fsp3) is 0.310. The molecular weight excluding hydrogens is 603 g/mol. The second-order valence-electron chi connectivity index (χ2n) is 10.4. The van der Waals surface area contributed by atoms with Crippen molar-refractivity contribution in [2.75, 3.05) is 26.2 Å². The third-order valence-corrected chi connectivity index (χ3v) is 8.80. The van der Waals surface area contributed by atoms with Gasteiger partial charge in [0.2, 0.25) is 0 Å². The van der Waals surface area contributed by atoms with Gasteiger partial charge in [-0.05, 0) is 73.5 Å². The zero-order valence-corrected chi connectivity index (χ0v) is 23.9. The Morgan fingerprint density at radius 3 is 2.51 bits per heavy atom. The van der Waals surface area contributed by atoms with Crippen LogP contribution in [0, 0.1) is 5.82 Å². The highest BCUT2D eigenvalue weighted by molar-refractivity contribution is 6.42. The van der Waals surface area contributed by atoms with Crippen LogP contribution in [-0.2, 0) is 18.1 Å². The van der Waals surface area contributed by atoms with Crippen molar-refractivity contribution in [1.82, 2.24) is 20.1 Å². The van der Waals surface area contributed by atoms with Gasteiger partial charge in [0.15, 0.2) is 0 Å². The Morgan fingerprint density at radius 1 is 1.07 bits per heavy atom. The first-order valence-corrected chi connectivity index (χ1v) is 14.1. The fourth-order valence-corrected chi connectivity index (χ4v) is 6.37. The maximum atomic E-state index is 15.0. The van der Waals surface area contributed by atoms with Crippen molar-refractivity contribution in [3.63, 3.8) is 0 Å². The first-order chi connectivity index (χ1) is 19.4. The summed E-state index contributed by atoms with van der Waals surface area (Å²) < 4.78 is 56.3. The molecule has 1 aromatic heterocycles. The molecule has 3 heterocycles. The Morgan fingerprint density at radius 2 is 1.83 bits per heavy atom. The molecule has 0 aliphatic carbocycles. The molecular formula is C29H26Cl3F4N4O+. The number of benzene rings is 2. The van der Waals surface area contributed by atoms with E-state index < -0.39 is 33.5 Å². The number of aromatic nitrogens is 1. The molecule has 2 aromatic carbocycles. The van der Waals surface area contributed by atoms with Crippen LogP contribution in [-0.4, -0.2) is 37.2 Å². The van der Waals surface area contributed by atoms with E-state index in [0.29, 0.717) is 52.7 Å². The molecule has 5 rings (SSSR count). The van der Waals surface area contributed by atoms with Gasteiger partial charge >= 0.3 is 12.2 Å². The zero-order valence-electron chi connectivity index (χ0n) is 21.7. The second kappa shape index (κ2) is 11.5. The molecule has 2 N–H and O–H groups in total. The zero-order chi connectivity index (χ0) is 29.4. The number of piperidine rings is 1. The van der Waals surface area contributed by atoms with Crippen LogP contribution in [0.3, 0.4) is 0 Å². The smallest absolute Gasteiger partial charge is 0.317 e. The lowest BCUT2D eigenvalue weighted by Crippen LogP contribution is -2.60. The van der Waals surface area contributed by atoms with Crippen LogP contribution < -0.4 is 15.1 Å². The number of quaternary nitrogens is 1. The van der Waals surface area contributed by atoms with Gasteiger partial charge in [-0.1, -0.05) is 46.9 Å². The lowest BCUT2D eigenvalue weighted by atomic mass is 9.74. The van der Waals surface area contributed by atoms with Gasteiger partial charge in [-0.15, -0.1) is 0 Å². The lowest BCUT2D eigenvalue weighted by Gasteiger charge is -2.36. The van der Waals surface area contributed by atoms with Crippen LogP contribution in [0.15, 0.2) is 54.7 Å². The van der Waals surface area contributed by atoms with E-state index in [1.165, 1.54) is 6.20 Å². The van der Waals surface area contributed by atoms with Gasteiger partial charge in [-0.25, -0.2) is 18.7 Å². The number of pyridine rings is 1. The molecule has 1 fully saturated rings. The Labute approximate surface area is 249 Å². The Kier molecular flexibility index (Phi) is 8.38. The van der Waals surface area contributed by atoms with E-state index in [-0.39, 0.29) is 30.5 Å². The summed E-state index contributed by atoms with van der Waals surface area (Å²) in [6, 6.07) is 9.61. The average Bonchev–Trinajstić information content (AvgIpc) is 3.17. The normalized spacial score (nSPS) is 20.0. The number of hydrogen-bond acceptors (Lipinski definition) is 3. The van der Waals surface area contributed by atoms with E-state index in [1.807, 2.05) is 0 Å². The van der Waals surface area contributed by atoms with E-state index in [4.69, 9.17) is 34.8 Å². The Balaban J connectivity index is 1.61. The topological polar surface area (TPSA) is 54.0 Å². The number of halogens is 7. The standard InChI is InChI=1S/C29H25Cl3F4N4O/c30-22-4-3-18(12-23(22)31)2-1-11-40(27(41)39-16-19-5-8-38-26(32)13-19)17-28(6-9-37-10-7-28)21-14-24(33)20(15-25(21)40)29(34,35)36/h1-5,8,12-15,37H,6-7,9-11,16-17H2/p+1/b2-1+. The molecule has 3 aromatic rings. The van der Waals surface area contributed by atoms with Gasteiger partial charge < -0.3 is 10.6 Å². The molecule has 5 nitrogen and oxygen atoms in total. The number of alkyl halides is 3. The number of fused-ring (bicyclic) bond motifs is 2. The van der Waals surface area contributed by atoms with Crippen molar-refractivity contribution in [2.24, 2.45) is 0 Å². The Hall–Kier alpha value is -2.69. The monoisotopic (exact) mass is 627 g/mol. The molecule has 41 heavy (non-hydrogen) atoms. The van der Waals surface area contributed by atoms with Crippen molar-refractivity contribution in [2.45, 2.75) is 31.0 Å². The maximum absolute atomic E-state index is 15.0. The summed E-state index contributed by atoms with van der Waals surface area (Å²) in [5.41, 5.74) is -0.115. The molecule has 1 saturated heterocycles. The van der Waals surface area contributed by atoms with Crippen LogP contribution in [0.2, 0.25) is 15.2 Å². The summed E-state index contributed by atoms with van der Waals surface area (Å²) in [4.78, 5) is 18.1. The third-order valence-electron chi connectivity index (χ3n) is 7.85. The molecule has 1 atom stereocenters. The number of rotatable bonds is 5. The SMILES string of the molecule is O=C(NCc1ccnc(Cl)c1)[N+]1(C/C=C/c2ccc(Cl)c(Cl)c2)CC2(CCNCC2)c2cc(F)c(C(F)(F)F)cc21. The van der Waals surface area contributed by atoms with E-state index in [9.17, 15) is 22.4 Å². The first-order valence-electron chi connectivity index (χ1n) is 12.9. The van der Waals surface area contributed by atoms with Gasteiger partial charge in [0.25, 0.3) is 0 Å². The van der Waals surface area contributed by atoms with Crippen molar-refractivity contribution in [3.05, 3.63) is 98.0 Å². The molecule has 0 radical (unpaired) electrons. The van der Waals surface area contributed by atoms with Gasteiger partial charge in [0, 0.05) is 24.4 Å². The number of amides is 2. The molecule has 12 heteroatoms. The molecule has 2 aliphatic heterocycles. The molecule has 2 amide bonds. The molecule has 0 bridgehead atoms. The number of carbonyl (C=O) groups excluding carboxylic acids is 1. The predicted octanol–water partition coefficient (Wildman–Crippen LogP) is 7.77. The molecule has 0 saturated carbocycles. The van der Waals surface area contributed by atoms with Crippen LogP contribution in [0.25, 0.3) is 6.08 Å². The number of carbonyl (C=O) groups is 1. The maximum Gasteiger partial charge on any atom is 0.422 e. The van der Waals surface area contributed by atoms with Gasteiger partial charge in [-0.2, -0.15) is 13.2 Å². The van der Waals surface area contributed by atoms with Crippen LogP contribution in [0.5, 0.6) is 0 Å². The summed E-state index contributed by atoms with van der Waals surface area (Å²) in [6.07, 6.45) is 1.13. The quantitative estimate of drug-likeness (QED) is 0.173. The molecule has 1 spiro atoms. The minimum atomic E-state index is -4.93. The highest BCUT2D eigenvalue weighted by atomic mass is 35.5. The van der Waals surface area contributed by atoms with Crippen molar-refractivity contribution in [3.8, 4) is 0 Å². The number of nitrogens with one attached hydrogen (secondary N) is 2. The summed E-state index contributed by atoms with van der Waals surface area (Å²) in [5.74, 6) is -1.34. The highest BCUT2D eigenvalue weighted by Crippen LogP contribution is 2.52. The van der Waals surface area contributed by atoms with E-state index in [1.54, 1.807) is 42.5 Å². The second-order valence-corrected chi connectivity index (χ2v) is 11.6. The minimum absolute atomic E-state index is 0.0221. The Bertz CT molecular complexity index is 1510. The van der Waals surface area contributed by atoms with Crippen LogP contribution in [0.1, 0.15) is 35.1 Å². The average molecular weight is 629 g/mol. The fourth-order valence-electron chi connectivity index (χ4n) is 5.87. The number of nitrogens with zero attached hydrogens (tertiary/aromatic N) is 2. The van der Waals surface area contributed by atoms with E-state index in [0.717, 1.165) is 12.1 Å². The third kappa shape index (κ3) is 5.96. The van der Waals surface area contributed by atoms with Crippen molar-refractivity contribution >= 4 is 52.6 Å². The minimum Gasteiger partial charge on any atom is -0.317 e. The van der Waals surface area contributed by atoms with Gasteiger partial charge in [0.05, 0.1) is 21.0 Å². The van der Waals surface area contributed by atoms with Crippen molar-refractivity contribution < 1.29 is 22.4 Å². The number of hydrogen-bond donors (Lipinski definition) is 2. The van der Waals surface area contributed by atoms with Crippen LogP contribution in [0.4, 0.5) is 28.0 Å². The van der Waals surface area contributed by atoms with Crippen molar-refractivity contribution in [1.29, 1.82) is 0 Å². The summed E-state index contributed by atoms with van der Waals surface area (Å²) in [5, 5.41) is 7.13. The molecule has 2 aliphatic rings. The molecule has 216 valence electrons.